The van der Waals surface area contributed by atoms with Gasteiger partial charge in [-0.25, -0.2) is 4.79 Å². The van der Waals surface area contributed by atoms with Crippen molar-refractivity contribution in [2.45, 2.75) is 46.1 Å². The lowest BCUT2D eigenvalue weighted by molar-refractivity contribution is 0.0636. The van der Waals surface area contributed by atoms with E-state index >= 15 is 0 Å². The monoisotopic (exact) mass is 265 g/mol. The molecule has 1 aromatic carbocycles. The van der Waals surface area contributed by atoms with Gasteiger partial charge in [-0.3, -0.25) is 5.32 Å². The van der Waals surface area contributed by atoms with E-state index in [4.69, 9.17) is 9.47 Å². The predicted octanol–water partition coefficient (Wildman–Crippen LogP) is 4.21. The maximum atomic E-state index is 11.6. The Labute approximate surface area is 115 Å². The van der Waals surface area contributed by atoms with Crippen molar-refractivity contribution in [3.05, 3.63) is 24.3 Å². The van der Waals surface area contributed by atoms with Crippen LogP contribution in [0.4, 0.5) is 10.5 Å². The molecule has 4 heteroatoms. The highest BCUT2D eigenvalue weighted by Gasteiger charge is 2.16. The van der Waals surface area contributed by atoms with Gasteiger partial charge in [0.2, 0.25) is 0 Å². The van der Waals surface area contributed by atoms with Gasteiger partial charge in [-0.05, 0) is 39.3 Å². The Morgan fingerprint density at radius 2 is 2.05 bits per heavy atom. The lowest BCUT2D eigenvalue weighted by Gasteiger charge is -2.19. The Hall–Kier alpha value is -1.71. The van der Waals surface area contributed by atoms with Crippen molar-refractivity contribution in [2.75, 3.05) is 11.9 Å². The molecule has 0 spiro atoms. The van der Waals surface area contributed by atoms with Crippen molar-refractivity contribution >= 4 is 11.8 Å². The number of amides is 1. The van der Waals surface area contributed by atoms with Gasteiger partial charge >= 0.3 is 6.09 Å². The van der Waals surface area contributed by atoms with Gasteiger partial charge in [0, 0.05) is 11.8 Å². The fourth-order valence-electron chi connectivity index (χ4n) is 1.42. The summed E-state index contributed by atoms with van der Waals surface area (Å²) >= 11 is 0. The van der Waals surface area contributed by atoms with Gasteiger partial charge in [0.05, 0.1) is 6.61 Å². The molecule has 1 N–H and O–H groups in total. The van der Waals surface area contributed by atoms with Crippen molar-refractivity contribution in [2.24, 2.45) is 0 Å². The largest absolute Gasteiger partial charge is 0.494 e. The molecule has 0 aliphatic rings. The standard InChI is InChI=1S/C15H23NO3/c1-5-6-10-18-13-9-7-8-12(11-13)16-14(17)19-15(2,3)4/h7-9,11H,5-6,10H2,1-4H3,(H,16,17). The summed E-state index contributed by atoms with van der Waals surface area (Å²) in [6.45, 7) is 8.29. The highest BCUT2D eigenvalue weighted by molar-refractivity contribution is 5.85. The summed E-state index contributed by atoms with van der Waals surface area (Å²) in [6.07, 6.45) is 1.65. The zero-order valence-corrected chi connectivity index (χ0v) is 12.2. The minimum absolute atomic E-state index is 0.460. The third-order valence-electron chi connectivity index (χ3n) is 2.25. The molecule has 19 heavy (non-hydrogen) atoms. The summed E-state index contributed by atoms with van der Waals surface area (Å²) in [6, 6.07) is 7.31. The first kappa shape index (κ1) is 15.3. The number of anilines is 1. The Balaban J connectivity index is 2.54. The van der Waals surface area contributed by atoms with Crippen LogP contribution >= 0.6 is 0 Å². The second-order valence-electron chi connectivity index (χ2n) is 5.36. The van der Waals surface area contributed by atoms with Crippen molar-refractivity contribution < 1.29 is 14.3 Å². The molecular formula is C15H23NO3. The van der Waals surface area contributed by atoms with Crippen molar-refractivity contribution in [3.63, 3.8) is 0 Å². The van der Waals surface area contributed by atoms with Crippen molar-refractivity contribution in [1.29, 1.82) is 0 Å². The molecule has 0 aliphatic carbocycles. The molecule has 0 radical (unpaired) electrons. The number of rotatable bonds is 5. The van der Waals surface area contributed by atoms with E-state index in [1.165, 1.54) is 0 Å². The number of carbonyl (C=O) groups is 1. The van der Waals surface area contributed by atoms with Crippen LogP contribution in [0.25, 0.3) is 0 Å². The quantitative estimate of drug-likeness (QED) is 0.811. The minimum Gasteiger partial charge on any atom is -0.494 e. The van der Waals surface area contributed by atoms with Gasteiger partial charge in [-0.15, -0.1) is 0 Å². The summed E-state index contributed by atoms with van der Waals surface area (Å²) in [7, 11) is 0. The van der Waals surface area contributed by atoms with E-state index in [1.807, 2.05) is 32.9 Å². The van der Waals surface area contributed by atoms with Crippen LogP contribution in [-0.4, -0.2) is 18.3 Å². The lowest BCUT2D eigenvalue weighted by Crippen LogP contribution is -2.27. The summed E-state index contributed by atoms with van der Waals surface area (Å²) < 4.78 is 10.8. The molecule has 0 fully saturated rings. The number of benzene rings is 1. The fraction of sp³-hybridized carbons (Fsp3) is 0.533. The number of nitrogens with one attached hydrogen (secondary N) is 1. The number of carbonyl (C=O) groups excluding carboxylic acids is 1. The first-order valence-corrected chi connectivity index (χ1v) is 6.63. The molecule has 1 amide bonds. The third kappa shape index (κ3) is 6.70. The zero-order valence-electron chi connectivity index (χ0n) is 12.2. The van der Waals surface area contributed by atoms with Crippen molar-refractivity contribution in [1.82, 2.24) is 0 Å². The van der Waals surface area contributed by atoms with Crippen LogP contribution in [0, 0.1) is 0 Å². The van der Waals surface area contributed by atoms with Gasteiger partial charge < -0.3 is 9.47 Å². The van der Waals surface area contributed by atoms with E-state index in [9.17, 15) is 4.79 Å². The van der Waals surface area contributed by atoms with Gasteiger partial charge in [-0.2, -0.15) is 0 Å². The van der Waals surface area contributed by atoms with E-state index < -0.39 is 11.7 Å². The third-order valence-corrected chi connectivity index (χ3v) is 2.25. The van der Waals surface area contributed by atoms with Crippen LogP contribution < -0.4 is 10.1 Å². The molecule has 0 bridgehead atoms. The summed E-state index contributed by atoms with van der Waals surface area (Å²) in [4.78, 5) is 11.6. The maximum absolute atomic E-state index is 11.6. The Morgan fingerprint density at radius 3 is 2.68 bits per heavy atom. The molecule has 1 rings (SSSR count). The second kappa shape index (κ2) is 7.02. The molecule has 106 valence electrons. The Morgan fingerprint density at radius 1 is 1.32 bits per heavy atom. The van der Waals surface area contributed by atoms with Gasteiger partial charge in [0.15, 0.2) is 0 Å². The number of ether oxygens (including phenoxy) is 2. The molecule has 0 heterocycles. The van der Waals surface area contributed by atoms with E-state index in [0.29, 0.717) is 12.3 Å². The average molecular weight is 265 g/mol. The molecule has 1 aromatic rings. The first-order valence-electron chi connectivity index (χ1n) is 6.63. The lowest BCUT2D eigenvalue weighted by atomic mass is 10.2. The Kier molecular flexibility index (Phi) is 5.67. The van der Waals surface area contributed by atoms with Gasteiger partial charge in [-0.1, -0.05) is 19.4 Å². The van der Waals surface area contributed by atoms with Crippen LogP contribution in [0.3, 0.4) is 0 Å². The normalized spacial score (nSPS) is 10.9. The highest BCUT2D eigenvalue weighted by Crippen LogP contribution is 2.18. The van der Waals surface area contributed by atoms with Crippen LogP contribution in [-0.2, 0) is 4.74 Å². The maximum Gasteiger partial charge on any atom is 0.412 e. The number of unbranched alkanes of at least 4 members (excludes halogenated alkanes) is 1. The second-order valence-corrected chi connectivity index (χ2v) is 5.36. The smallest absolute Gasteiger partial charge is 0.412 e. The van der Waals surface area contributed by atoms with Crippen molar-refractivity contribution in [3.8, 4) is 5.75 Å². The summed E-state index contributed by atoms with van der Waals surface area (Å²) in [5.41, 5.74) is 0.169. The number of hydrogen-bond acceptors (Lipinski definition) is 3. The van der Waals surface area contributed by atoms with Gasteiger partial charge in [0.1, 0.15) is 11.4 Å². The Bertz CT molecular complexity index is 410. The average Bonchev–Trinajstić information content (AvgIpc) is 2.27. The van der Waals surface area contributed by atoms with Gasteiger partial charge in [0.25, 0.3) is 0 Å². The molecule has 0 atom stereocenters. The summed E-state index contributed by atoms with van der Waals surface area (Å²) in [5, 5.41) is 2.69. The summed E-state index contributed by atoms with van der Waals surface area (Å²) in [5.74, 6) is 0.752. The molecule has 0 saturated heterocycles. The van der Waals surface area contributed by atoms with Crippen LogP contribution in [0.1, 0.15) is 40.5 Å². The highest BCUT2D eigenvalue weighted by atomic mass is 16.6. The molecule has 0 unspecified atom stereocenters. The molecule has 0 aliphatic heterocycles. The fourth-order valence-corrected chi connectivity index (χ4v) is 1.42. The van der Waals surface area contributed by atoms with Crippen LogP contribution in [0.15, 0.2) is 24.3 Å². The topological polar surface area (TPSA) is 47.6 Å². The van der Waals surface area contributed by atoms with E-state index in [1.54, 1.807) is 12.1 Å². The molecule has 4 nitrogen and oxygen atoms in total. The first-order chi connectivity index (χ1) is 8.90. The van der Waals surface area contributed by atoms with E-state index in [-0.39, 0.29) is 0 Å². The SMILES string of the molecule is CCCCOc1cccc(NC(=O)OC(C)(C)C)c1. The zero-order chi connectivity index (χ0) is 14.3. The van der Waals surface area contributed by atoms with Crippen LogP contribution in [0.5, 0.6) is 5.75 Å². The van der Waals surface area contributed by atoms with E-state index in [0.717, 1.165) is 18.6 Å². The number of hydrogen-bond donors (Lipinski definition) is 1. The molecular weight excluding hydrogens is 242 g/mol. The van der Waals surface area contributed by atoms with Crippen LogP contribution in [0.2, 0.25) is 0 Å². The molecule has 0 aromatic heterocycles. The minimum atomic E-state index is -0.501. The van der Waals surface area contributed by atoms with E-state index in [2.05, 4.69) is 12.2 Å². The predicted molar refractivity (Wildman–Crippen MR) is 76.7 cm³/mol. The molecule has 0 saturated carbocycles.